The van der Waals surface area contributed by atoms with Gasteiger partial charge in [-0.2, -0.15) is 0 Å². The van der Waals surface area contributed by atoms with Crippen LogP contribution in [0.15, 0.2) is 0 Å². The number of carbonyl (C=O) groups excluding carboxylic acids is 10. The van der Waals surface area contributed by atoms with Crippen molar-refractivity contribution in [3.05, 3.63) is 0 Å². The number of aliphatic carboxylic acids is 2. The van der Waals surface area contributed by atoms with Gasteiger partial charge in [0.2, 0.25) is 59.1 Å². The number of hydrogen-bond acceptors (Lipinski definition) is 18. The first-order valence-electron chi connectivity index (χ1n) is 23.7. The van der Waals surface area contributed by atoms with Gasteiger partial charge in [0, 0.05) is 6.42 Å². The molecule has 0 saturated carbocycles. The molecular weight excluding hydrogens is 955 g/mol. The van der Waals surface area contributed by atoms with Crippen molar-refractivity contribution in [2.24, 2.45) is 34.4 Å². The van der Waals surface area contributed by atoms with Crippen molar-refractivity contribution >= 4 is 71.0 Å². The van der Waals surface area contributed by atoms with Crippen LogP contribution in [0.5, 0.6) is 0 Å². The van der Waals surface area contributed by atoms with Crippen molar-refractivity contribution in [2.45, 2.75) is 139 Å². The van der Waals surface area contributed by atoms with Gasteiger partial charge < -0.3 is 97.6 Å². The van der Waals surface area contributed by atoms with Crippen LogP contribution in [-0.4, -0.2) is 181 Å². The average molecular weight is 1030 g/mol. The topological polar surface area (TPSA) is 530 Å². The second kappa shape index (κ2) is 38.1. The molecule has 7 atom stereocenters. The van der Waals surface area contributed by atoms with Gasteiger partial charge in [0.1, 0.15) is 36.3 Å². The molecule has 0 aliphatic heterocycles. The third kappa shape index (κ3) is 29.6. The number of nitrogens with two attached hydrogens (primary N) is 6. The molecule has 24 N–H and O–H groups in total. The van der Waals surface area contributed by atoms with Gasteiger partial charge in [0.15, 0.2) is 0 Å². The van der Waals surface area contributed by atoms with E-state index in [-0.39, 0.29) is 51.7 Å². The van der Waals surface area contributed by atoms with Gasteiger partial charge in [0.05, 0.1) is 38.7 Å². The van der Waals surface area contributed by atoms with Crippen molar-refractivity contribution in [1.29, 1.82) is 0 Å². The molecule has 410 valence electrons. The molecule has 30 heteroatoms. The van der Waals surface area contributed by atoms with E-state index in [0.29, 0.717) is 51.5 Å². The second-order valence-electron chi connectivity index (χ2n) is 16.6. The van der Waals surface area contributed by atoms with Crippen LogP contribution in [0, 0.1) is 0 Å². The number of nitrogens with one attached hydrogen (secondary N) is 9. The van der Waals surface area contributed by atoms with Crippen LogP contribution in [0.2, 0.25) is 0 Å². The molecule has 0 aliphatic carbocycles. The molecule has 0 bridgehead atoms. The Balaban J connectivity index is 6.03. The maximum Gasteiger partial charge on any atom is 0.326 e. The fraction of sp³-hybridized carbons (Fsp3) is 0.714. The van der Waals surface area contributed by atoms with Gasteiger partial charge in [0.25, 0.3) is 0 Å². The lowest BCUT2D eigenvalue weighted by molar-refractivity contribution is -0.143. The maximum absolute atomic E-state index is 13.9. The predicted octanol–water partition coefficient (Wildman–Crippen LogP) is -8.10. The van der Waals surface area contributed by atoms with Crippen molar-refractivity contribution in [2.75, 3.05) is 52.4 Å². The minimum atomic E-state index is -1.71. The Morgan fingerprint density at radius 1 is 0.403 bits per heavy atom. The Morgan fingerprint density at radius 2 is 0.764 bits per heavy atom. The van der Waals surface area contributed by atoms with Crippen LogP contribution in [0.25, 0.3) is 0 Å². The highest BCUT2D eigenvalue weighted by Gasteiger charge is 2.34. The third-order valence-corrected chi connectivity index (χ3v) is 10.5. The molecule has 0 spiro atoms. The van der Waals surface area contributed by atoms with Crippen molar-refractivity contribution < 1.29 is 72.9 Å². The summed E-state index contributed by atoms with van der Waals surface area (Å²) in [5, 5.41) is 49.8. The molecule has 0 fully saturated rings. The Labute approximate surface area is 416 Å². The first-order valence-corrected chi connectivity index (χ1v) is 23.7. The van der Waals surface area contributed by atoms with E-state index in [1.807, 2.05) is 0 Å². The summed E-state index contributed by atoms with van der Waals surface area (Å²) in [5.41, 5.74) is 33.2. The normalized spacial score (nSPS) is 13.8. The van der Waals surface area contributed by atoms with E-state index in [0.717, 1.165) is 0 Å². The fourth-order valence-corrected chi connectivity index (χ4v) is 6.44. The molecule has 0 unspecified atom stereocenters. The van der Waals surface area contributed by atoms with Crippen molar-refractivity contribution in [3.8, 4) is 0 Å². The zero-order valence-corrected chi connectivity index (χ0v) is 40.5. The SMILES string of the molecule is NCCCC[C@H](NC(=O)[C@H](CC(N)=O)NC(=O)[C@H](CCCCN)NC(=O)[C@H](CCC(=O)O)NC(=O)[C@H](CCCCN)NC(=O)[C@H](CO)NC(=O)CNC(=O)CNC(=O)CNC(=O)[C@@H](N)CCCCN)C(=O)O. The van der Waals surface area contributed by atoms with E-state index < -0.39 is 159 Å². The Morgan fingerprint density at radius 3 is 1.18 bits per heavy atom. The summed E-state index contributed by atoms with van der Waals surface area (Å²) in [4.78, 5) is 153. The van der Waals surface area contributed by atoms with Crippen LogP contribution in [0.1, 0.15) is 96.3 Å². The summed E-state index contributed by atoms with van der Waals surface area (Å²) in [6, 6.07) is -10.4. The fourth-order valence-electron chi connectivity index (χ4n) is 6.44. The van der Waals surface area contributed by atoms with Gasteiger partial charge in [-0.25, -0.2) is 4.79 Å². The summed E-state index contributed by atoms with van der Waals surface area (Å²) in [6.45, 7) is -1.80. The molecule has 10 amide bonds. The number of unbranched alkanes of at least 4 members (excludes halogenated alkanes) is 4. The largest absolute Gasteiger partial charge is 0.481 e. The molecule has 0 heterocycles. The number of amides is 10. The number of carbonyl (C=O) groups is 12. The monoisotopic (exact) mass is 1030 g/mol. The summed E-state index contributed by atoms with van der Waals surface area (Å²) in [6.07, 6.45) is 1.25. The minimum absolute atomic E-state index is 0.0292. The van der Waals surface area contributed by atoms with E-state index in [1.165, 1.54) is 0 Å². The summed E-state index contributed by atoms with van der Waals surface area (Å²) >= 11 is 0. The van der Waals surface area contributed by atoms with Gasteiger partial charge in [-0.3, -0.25) is 52.7 Å². The first-order chi connectivity index (χ1) is 34.1. The highest BCUT2D eigenvalue weighted by atomic mass is 16.4. The Bertz CT molecular complexity index is 1790. The van der Waals surface area contributed by atoms with E-state index in [2.05, 4.69) is 47.9 Å². The number of hydrogen-bond donors (Lipinski definition) is 18. The van der Waals surface area contributed by atoms with Gasteiger partial charge in [-0.05, 0) is 103 Å². The summed E-state index contributed by atoms with van der Waals surface area (Å²) in [5.74, 6) is -12.3. The molecule has 72 heavy (non-hydrogen) atoms. The average Bonchev–Trinajstić information content (AvgIpc) is 3.33. The van der Waals surface area contributed by atoms with Crippen LogP contribution < -0.4 is 82.3 Å². The molecule has 0 aliphatic rings. The molecule has 0 rings (SSSR count). The molecular formula is C42H77N15O15. The highest BCUT2D eigenvalue weighted by molar-refractivity contribution is 5.98. The van der Waals surface area contributed by atoms with E-state index in [9.17, 15) is 72.9 Å². The zero-order valence-electron chi connectivity index (χ0n) is 40.5. The van der Waals surface area contributed by atoms with E-state index >= 15 is 0 Å². The van der Waals surface area contributed by atoms with Gasteiger partial charge in [-0.15, -0.1) is 0 Å². The van der Waals surface area contributed by atoms with E-state index in [1.54, 1.807) is 0 Å². The zero-order chi connectivity index (χ0) is 54.6. The summed E-state index contributed by atoms with van der Waals surface area (Å²) in [7, 11) is 0. The number of primary amides is 1. The molecule has 0 radical (unpaired) electrons. The van der Waals surface area contributed by atoms with Crippen LogP contribution >= 0.6 is 0 Å². The lowest BCUT2D eigenvalue weighted by Crippen LogP contribution is -2.60. The second-order valence-corrected chi connectivity index (χ2v) is 16.6. The van der Waals surface area contributed by atoms with E-state index in [4.69, 9.17) is 34.4 Å². The quantitative estimate of drug-likeness (QED) is 0.0253. The number of carboxylic acid groups (broad SMARTS) is 2. The molecule has 0 saturated heterocycles. The molecule has 0 aromatic heterocycles. The first kappa shape index (κ1) is 65.4. The standard InChI is InChI=1S/C42H77N15O15/c43-15-5-1-9-24(47)36(65)51-21-33(61)49-20-32(60)50-22-34(62)52-30(23-58)41(70)54-25(10-2-6-16-44)37(66)55-27(13-14-35(63)64)39(68)53-26(11-3-7-17-45)38(67)57-29(19-31(48)59)40(69)56-28(42(71)72)12-4-8-18-46/h24-30,58H,1-23,43-47H2,(H2,48,59)(H,49,61)(H,50,60)(H,51,65)(H,52,62)(H,53,68)(H,54,70)(H,55,66)(H,56,69)(H,57,67)(H,63,64)(H,71,72)/t24-,25-,26-,27-,28-,29-,30-/m0/s1. The van der Waals surface area contributed by atoms with Crippen LogP contribution in [0.4, 0.5) is 0 Å². The molecule has 0 aromatic rings. The lowest BCUT2D eigenvalue weighted by Gasteiger charge is -2.27. The number of rotatable bonds is 41. The Kier molecular flexibility index (Phi) is 34.6. The highest BCUT2D eigenvalue weighted by Crippen LogP contribution is 2.09. The smallest absolute Gasteiger partial charge is 0.326 e. The predicted molar refractivity (Wildman–Crippen MR) is 256 cm³/mol. The lowest BCUT2D eigenvalue weighted by atomic mass is 10.0. The Hall–Kier alpha value is -6.60. The number of carboxylic acids is 2. The van der Waals surface area contributed by atoms with Gasteiger partial charge >= 0.3 is 11.9 Å². The third-order valence-electron chi connectivity index (χ3n) is 10.5. The molecule has 30 nitrogen and oxygen atoms in total. The number of aliphatic hydroxyl groups excluding tert-OH is 1. The van der Waals surface area contributed by atoms with Gasteiger partial charge in [-0.1, -0.05) is 6.42 Å². The minimum Gasteiger partial charge on any atom is -0.481 e. The van der Waals surface area contributed by atoms with Crippen LogP contribution in [-0.2, 0) is 57.5 Å². The summed E-state index contributed by atoms with van der Waals surface area (Å²) < 4.78 is 0. The van der Waals surface area contributed by atoms with Crippen LogP contribution in [0.3, 0.4) is 0 Å². The van der Waals surface area contributed by atoms with Crippen molar-refractivity contribution in [3.63, 3.8) is 0 Å². The van der Waals surface area contributed by atoms with Crippen molar-refractivity contribution in [1.82, 2.24) is 47.9 Å². The molecule has 0 aromatic carbocycles. The maximum atomic E-state index is 13.9. The number of aliphatic hydroxyl groups is 1.